The Bertz CT molecular complexity index is 1690. The summed E-state index contributed by atoms with van der Waals surface area (Å²) < 4.78 is 23.1. The van der Waals surface area contributed by atoms with Crippen LogP contribution in [0.1, 0.15) is 89.6 Å². The zero-order valence-electron chi connectivity index (χ0n) is 25.1. The lowest BCUT2D eigenvalue weighted by Crippen LogP contribution is -2.29. The number of esters is 1. The van der Waals surface area contributed by atoms with Gasteiger partial charge in [0.05, 0.1) is 42.9 Å². The Balaban J connectivity index is 1.59. The van der Waals surface area contributed by atoms with Gasteiger partial charge in [-0.3, -0.25) is 14.5 Å². The van der Waals surface area contributed by atoms with Gasteiger partial charge in [0.2, 0.25) is 5.76 Å². The highest BCUT2D eigenvalue weighted by Crippen LogP contribution is 2.43. The van der Waals surface area contributed by atoms with Gasteiger partial charge in [0.1, 0.15) is 5.58 Å². The van der Waals surface area contributed by atoms with Crippen molar-refractivity contribution < 1.29 is 28.2 Å². The van der Waals surface area contributed by atoms with Crippen molar-refractivity contribution in [1.82, 2.24) is 0 Å². The number of benzene rings is 3. The third kappa shape index (κ3) is 6.00. The van der Waals surface area contributed by atoms with E-state index in [1.807, 2.05) is 32.0 Å². The molecular weight excluding hydrogens is 546 g/mol. The molecule has 5 rings (SSSR count). The number of amides is 1. The van der Waals surface area contributed by atoms with Crippen LogP contribution < -0.4 is 19.8 Å². The van der Waals surface area contributed by atoms with Gasteiger partial charge in [-0.05, 0) is 73.9 Å². The zero-order valence-corrected chi connectivity index (χ0v) is 25.1. The average molecular weight is 584 g/mol. The molecule has 1 aliphatic heterocycles. The Morgan fingerprint density at radius 3 is 2.37 bits per heavy atom. The maximum atomic E-state index is 14.0. The summed E-state index contributed by atoms with van der Waals surface area (Å²) in [5, 5.41) is 0.409. The van der Waals surface area contributed by atoms with Crippen LogP contribution in [0.2, 0.25) is 0 Å². The third-order valence-corrected chi connectivity index (χ3v) is 7.65. The molecule has 2 heterocycles. The number of rotatable bonds is 12. The van der Waals surface area contributed by atoms with E-state index < -0.39 is 17.9 Å². The fourth-order valence-electron chi connectivity index (χ4n) is 5.33. The monoisotopic (exact) mass is 583 g/mol. The molecule has 0 bridgehead atoms. The summed E-state index contributed by atoms with van der Waals surface area (Å²) in [4.78, 5) is 42.1. The van der Waals surface area contributed by atoms with E-state index in [0.717, 1.165) is 37.7 Å². The second kappa shape index (κ2) is 13.2. The Labute approximate surface area is 251 Å². The van der Waals surface area contributed by atoms with Gasteiger partial charge in [-0.15, -0.1) is 0 Å². The van der Waals surface area contributed by atoms with Crippen LogP contribution >= 0.6 is 0 Å². The summed E-state index contributed by atoms with van der Waals surface area (Å²) in [6.45, 7) is 6.97. The Morgan fingerprint density at radius 2 is 1.65 bits per heavy atom. The van der Waals surface area contributed by atoms with Crippen molar-refractivity contribution in [3.05, 3.63) is 98.9 Å². The van der Waals surface area contributed by atoms with Crippen LogP contribution in [0, 0.1) is 6.92 Å². The minimum Gasteiger partial charge on any atom is -0.493 e. The Kier molecular flexibility index (Phi) is 9.14. The fraction of sp³-hybridized carbons (Fsp3) is 0.343. The number of fused-ring (bicyclic) bond motifs is 2. The quantitative estimate of drug-likeness (QED) is 0.127. The maximum Gasteiger partial charge on any atom is 0.338 e. The van der Waals surface area contributed by atoms with Crippen molar-refractivity contribution in [3.63, 3.8) is 0 Å². The van der Waals surface area contributed by atoms with Gasteiger partial charge in [0.25, 0.3) is 5.91 Å². The topological polar surface area (TPSA) is 95.3 Å². The van der Waals surface area contributed by atoms with Crippen molar-refractivity contribution in [1.29, 1.82) is 0 Å². The van der Waals surface area contributed by atoms with Crippen LogP contribution in [-0.2, 0) is 4.74 Å². The number of hydrogen-bond donors (Lipinski definition) is 0. The number of anilines is 1. The van der Waals surface area contributed by atoms with Crippen LogP contribution in [0.5, 0.6) is 11.5 Å². The summed E-state index contributed by atoms with van der Waals surface area (Å²) in [5.41, 5.74) is 2.78. The van der Waals surface area contributed by atoms with E-state index in [1.165, 1.54) is 4.90 Å². The molecule has 1 aliphatic rings. The molecule has 0 spiro atoms. The predicted octanol–water partition coefficient (Wildman–Crippen LogP) is 7.39. The zero-order chi connectivity index (χ0) is 30.5. The van der Waals surface area contributed by atoms with Gasteiger partial charge < -0.3 is 18.6 Å². The fourth-order valence-corrected chi connectivity index (χ4v) is 5.33. The third-order valence-electron chi connectivity index (χ3n) is 7.65. The maximum absolute atomic E-state index is 14.0. The number of methoxy groups -OCH3 is 1. The molecule has 8 nitrogen and oxygen atoms in total. The van der Waals surface area contributed by atoms with Crippen molar-refractivity contribution in [2.45, 2.75) is 58.9 Å². The normalized spacial score (nSPS) is 14.2. The molecule has 0 radical (unpaired) electrons. The summed E-state index contributed by atoms with van der Waals surface area (Å²) in [6, 6.07) is 16.6. The number of ether oxygens (including phenoxy) is 3. The molecule has 43 heavy (non-hydrogen) atoms. The molecule has 0 aliphatic carbocycles. The first-order valence-electron chi connectivity index (χ1n) is 14.9. The molecule has 3 aromatic carbocycles. The van der Waals surface area contributed by atoms with E-state index >= 15 is 0 Å². The molecule has 1 amide bonds. The van der Waals surface area contributed by atoms with Gasteiger partial charge >= 0.3 is 5.97 Å². The van der Waals surface area contributed by atoms with E-state index in [0.29, 0.717) is 52.5 Å². The molecule has 1 aromatic heterocycles. The van der Waals surface area contributed by atoms with Crippen molar-refractivity contribution in [2.75, 3.05) is 25.2 Å². The molecule has 0 N–H and O–H groups in total. The molecule has 0 saturated carbocycles. The minimum absolute atomic E-state index is 0.00624. The molecule has 0 fully saturated rings. The summed E-state index contributed by atoms with van der Waals surface area (Å²) in [7, 11) is 1.56. The van der Waals surface area contributed by atoms with Crippen molar-refractivity contribution >= 4 is 28.5 Å². The van der Waals surface area contributed by atoms with Crippen LogP contribution in [-0.4, -0.2) is 32.2 Å². The van der Waals surface area contributed by atoms with Crippen LogP contribution in [0.15, 0.2) is 69.9 Å². The van der Waals surface area contributed by atoms with Gasteiger partial charge in [0.15, 0.2) is 16.9 Å². The van der Waals surface area contributed by atoms with Crippen molar-refractivity contribution in [2.24, 2.45) is 0 Å². The van der Waals surface area contributed by atoms with Crippen LogP contribution in [0.3, 0.4) is 0 Å². The number of nitrogens with zero attached hydrogens (tertiary/aromatic N) is 1. The molecule has 224 valence electrons. The predicted molar refractivity (Wildman–Crippen MR) is 166 cm³/mol. The van der Waals surface area contributed by atoms with Gasteiger partial charge in [-0.1, -0.05) is 50.8 Å². The number of aryl methyl sites for hydroxylation is 1. The number of unbranched alkanes of at least 4 members (excludes halogenated alkanes) is 3. The summed E-state index contributed by atoms with van der Waals surface area (Å²) in [6.07, 6.45) is 4.78. The van der Waals surface area contributed by atoms with Crippen LogP contribution in [0.4, 0.5) is 5.69 Å². The molecule has 0 saturated heterocycles. The highest BCUT2D eigenvalue weighted by Gasteiger charge is 2.44. The average Bonchev–Trinajstić information content (AvgIpc) is 3.32. The first kappa shape index (κ1) is 29.9. The number of hydrogen-bond acceptors (Lipinski definition) is 7. The highest BCUT2D eigenvalue weighted by molar-refractivity contribution is 6.11. The Hall–Kier alpha value is -4.59. The Morgan fingerprint density at radius 1 is 0.884 bits per heavy atom. The molecule has 1 unspecified atom stereocenters. The molecule has 8 heteroatoms. The van der Waals surface area contributed by atoms with E-state index in [1.54, 1.807) is 49.6 Å². The van der Waals surface area contributed by atoms with E-state index in [-0.39, 0.29) is 16.8 Å². The lowest BCUT2D eigenvalue weighted by molar-refractivity contribution is 0.0499. The van der Waals surface area contributed by atoms with E-state index in [2.05, 4.69) is 6.92 Å². The van der Waals surface area contributed by atoms with Crippen LogP contribution in [0.25, 0.3) is 11.0 Å². The van der Waals surface area contributed by atoms with E-state index in [4.69, 9.17) is 18.6 Å². The lowest BCUT2D eigenvalue weighted by Gasteiger charge is -2.26. The first-order valence-corrected chi connectivity index (χ1v) is 14.9. The number of carbonyl (C=O) groups is 2. The second-order valence-electron chi connectivity index (χ2n) is 10.8. The van der Waals surface area contributed by atoms with E-state index in [9.17, 15) is 14.4 Å². The molecule has 4 aromatic rings. The minimum atomic E-state index is -0.797. The van der Waals surface area contributed by atoms with Gasteiger partial charge in [-0.25, -0.2) is 4.79 Å². The standard InChI is InChI=1S/C35H37NO7/c1-5-7-9-19-41-28-17-13-24(21-29(28)40-4)31-30-32(37)26-20-22(3)10-16-27(26)43-33(30)34(38)36(31)25-14-11-23(12-15-25)35(39)42-18-8-6-2/h10-17,20-21,31H,5-9,18-19H2,1-4H3. The second-order valence-corrected chi connectivity index (χ2v) is 10.8. The van der Waals surface area contributed by atoms with Crippen molar-refractivity contribution in [3.8, 4) is 11.5 Å². The SMILES string of the molecule is CCCCCOc1ccc(C2c3c(oc4ccc(C)cc4c3=O)C(=O)N2c2ccc(C(=O)OCCCC)cc2)cc1OC. The molecule has 1 atom stereocenters. The lowest BCUT2D eigenvalue weighted by atomic mass is 9.97. The summed E-state index contributed by atoms with van der Waals surface area (Å²) in [5.74, 6) is 0.210. The largest absolute Gasteiger partial charge is 0.493 e. The first-order chi connectivity index (χ1) is 20.9. The molecular formula is C35H37NO7. The highest BCUT2D eigenvalue weighted by atomic mass is 16.5. The van der Waals surface area contributed by atoms with Gasteiger partial charge in [-0.2, -0.15) is 0 Å². The summed E-state index contributed by atoms with van der Waals surface area (Å²) >= 11 is 0. The number of carbonyl (C=O) groups excluding carboxylic acids is 2. The van der Waals surface area contributed by atoms with Gasteiger partial charge in [0, 0.05) is 5.69 Å². The smallest absolute Gasteiger partial charge is 0.338 e.